The molecule has 0 radical (unpaired) electrons. The predicted octanol–water partition coefficient (Wildman–Crippen LogP) is 1.42. The molecule has 6 heteroatoms. The van der Waals surface area contributed by atoms with E-state index in [-0.39, 0.29) is 11.9 Å². The second-order valence-electron chi connectivity index (χ2n) is 4.25. The lowest BCUT2D eigenvalue weighted by atomic mass is 10.1. The van der Waals surface area contributed by atoms with Gasteiger partial charge in [-0.1, -0.05) is 12.1 Å². The molecule has 0 amide bonds. The van der Waals surface area contributed by atoms with Crippen LogP contribution < -0.4 is 10.0 Å². The zero-order valence-corrected chi connectivity index (χ0v) is 11.4. The van der Waals surface area contributed by atoms with Crippen LogP contribution >= 0.6 is 0 Å². The molecular weight excluding hydrogens is 255 g/mol. The summed E-state index contributed by atoms with van der Waals surface area (Å²) in [6.45, 7) is 3.10. The van der Waals surface area contributed by atoms with Gasteiger partial charge in [0.2, 0.25) is 10.0 Å². The van der Waals surface area contributed by atoms with Crippen molar-refractivity contribution >= 4 is 10.0 Å². The molecule has 0 saturated heterocycles. The van der Waals surface area contributed by atoms with Crippen molar-refractivity contribution in [1.29, 1.82) is 0 Å². The number of hydrogen-bond acceptors (Lipinski definition) is 3. The maximum absolute atomic E-state index is 12.7. The van der Waals surface area contributed by atoms with Crippen LogP contribution in [0.4, 0.5) is 4.39 Å². The summed E-state index contributed by atoms with van der Waals surface area (Å²) in [6.07, 6.45) is 1.85. The number of rotatable bonds is 7. The minimum Gasteiger partial charge on any atom is -0.310 e. The first-order valence-corrected chi connectivity index (χ1v) is 7.71. The normalized spacial score (nSPS) is 13.5. The molecular formula is C12H19FN2O2S. The van der Waals surface area contributed by atoms with E-state index >= 15 is 0 Å². The van der Waals surface area contributed by atoms with Crippen molar-refractivity contribution in [3.63, 3.8) is 0 Å². The van der Waals surface area contributed by atoms with Crippen molar-refractivity contribution in [2.45, 2.75) is 19.4 Å². The molecule has 1 aromatic carbocycles. The van der Waals surface area contributed by atoms with Gasteiger partial charge in [-0.15, -0.1) is 0 Å². The van der Waals surface area contributed by atoms with Crippen molar-refractivity contribution in [2.75, 3.05) is 19.3 Å². The molecule has 0 bridgehead atoms. The number of halogens is 1. The third-order valence-electron chi connectivity index (χ3n) is 2.54. The average molecular weight is 274 g/mol. The van der Waals surface area contributed by atoms with Gasteiger partial charge < -0.3 is 5.32 Å². The summed E-state index contributed by atoms with van der Waals surface area (Å²) >= 11 is 0. The fourth-order valence-electron chi connectivity index (χ4n) is 1.53. The third kappa shape index (κ3) is 6.09. The van der Waals surface area contributed by atoms with E-state index in [0.29, 0.717) is 19.5 Å². The Balaban J connectivity index is 2.25. The molecule has 0 spiro atoms. The van der Waals surface area contributed by atoms with Crippen LogP contribution in [0.3, 0.4) is 0 Å². The highest BCUT2D eigenvalue weighted by atomic mass is 32.2. The molecule has 0 aliphatic carbocycles. The van der Waals surface area contributed by atoms with Crippen molar-refractivity contribution in [2.24, 2.45) is 0 Å². The van der Waals surface area contributed by atoms with Crippen LogP contribution in [0.1, 0.15) is 24.9 Å². The fourth-order valence-corrected chi connectivity index (χ4v) is 2.05. The first kappa shape index (κ1) is 15.1. The summed E-state index contributed by atoms with van der Waals surface area (Å²) in [5.74, 6) is -0.247. The van der Waals surface area contributed by atoms with Crippen LogP contribution in [0, 0.1) is 5.82 Å². The minimum absolute atomic E-state index is 0.115. The van der Waals surface area contributed by atoms with Gasteiger partial charge in [0.05, 0.1) is 6.26 Å². The molecule has 1 atom stereocenters. The van der Waals surface area contributed by atoms with Gasteiger partial charge in [0, 0.05) is 12.6 Å². The van der Waals surface area contributed by atoms with Crippen LogP contribution in [0.15, 0.2) is 24.3 Å². The maximum atomic E-state index is 12.7. The molecule has 0 aliphatic rings. The second kappa shape index (κ2) is 6.82. The van der Waals surface area contributed by atoms with Crippen molar-refractivity contribution in [3.05, 3.63) is 35.6 Å². The van der Waals surface area contributed by atoms with Gasteiger partial charge in [0.1, 0.15) is 5.82 Å². The van der Waals surface area contributed by atoms with E-state index in [2.05, 4.69) is 10.0 Å². The minimum atomic E-state index is -3.10. The van der Waals surface area contributed by atoms with Gasteiger partial charge in [-0.3, -0.25) is 0 Å². The predicted molar refractivity (Wildman–Crippen MR) is 70.3 cm³/mol. The highest BCUT2D eigenvalue weighted by Crippen LogP contribution is 2.12. The van der Waals surface area contributed by atoms with Gasteiger partial charge in [-0.2, -0.15) is 0 Å². The Bertz CT molecular complexity index is 459. The van der Waals surface area contributed by atoms with E-state index in [0.717, 1.165) is 11.8 Å². The topological polar surface area (TPSA) is 58.2 Å². The lowest BCUT2D eigenvalue weighted by Crippen LogP contribution is -2.27. The highest BCUT2D eigenvalue weighted by Gasteiger charge is 2.04. The van der Waals surface area contributed by atoms with Crippen molar-refractivity contribution in [1.82, 2.24) is 10.0 Å². The first-order chi connectivity index (χ1) is 8.38. The van der Waals surface area contributed by atoms with Crippen molar-refractivity contribution < 1.29 is 12.8 Å². The highest BCUT2D eigenvalue weighted by molar-refractivity contribution is 7.88. The fraction of sp³-hybridized carbons (Fsp3) is 0.500. The SMILES string of the molecule is CC(NCCCNS(C)(=O)=O)c1ccc(F)cc1. The maximum Gasteiger partial charge on any atom is 0.208 e. The second-order valence-corrected chi connectivity index (χ2v) is 6.08. The summed E-state index contributed by atoms with van der Waals surface area (Å²) in [6, 6.07) is 6.45. The Morgan fingerprint density at radius 2 is 1.83 bits per heavy atom. The molecule has 0 aromatic heterocycles. The molecule has 0 heterocycles. The molecule has 1 unspecified atom stereocenters. The van der Waals surface area contributed by atoms with E-state index in [1.165, 1.54) is 12.1 Å². The quantitative estimate of drug-likeness (QED) is 0.739. The number of hydrogen-bond donors (Lipinski definition) is 2. The Morgan fingerprint density at radius 3 is 2.39 bits per heavy atom. The van der Waals surface area contributed by atoms with E-state index in [9.17, 15) is 12.8 Å². The average Bonchev–Trinajstić information content (AvgIpc) is 2.27. The zero-order valence-electron chi connectivity index (χ0n) is 10.6. The van der Waals surface area contributed by atoms with Crippen molar-refractivity contribution in [3.8, 4) is 0 Å². The molecule has 0 aliphatic heterocycles. The molecule has 1 rings (SSSR count). The molecule has 0 saturated carbocycles. The number of benzene rings is 1. The van der Waals surface area contributed by atoms with Crippen LogP contribution in [0.5, 0.6) is 0 Å². The van der Waals surface area contributed by atoms with Crippen LogP contribution in [-0.2, 0) is 10.0 Å². The number of sulfonamides is 1. The van der Waals surface area contributed by atoms with Crippen LogP contribution in [-0.4, -0.2) is 27.8 Å². The summed E-state index contributed by atoms with van der Waals surface area (Å²) in [5.41, 5.74) is 1.01. The molecule has 0 fully saturated rings. The van der Waals surface area contributed by atoms with Gasteiger partial charge in [0.25, 0.3) is 0 Å². The van der Waals surface area contributed by atoms with Gasteiger partial charge >= 0.3 is 0 Å². The summed E-state index contributed by atoms with van der Waals surface area (Å²) in [4.78, 5) is 0. The Labute approximate surface area is 108 Å². The van der Waals surface area contributed by atoms with E-state index in [1.54, 1.807) is 12.1 Å². The number of nitrogens with one attached hydrogen (secondary N) is 2. The summed E-state index contributed by atoms with van der Waals surface area (Å²) < 4.78 is 36.8. The molecule has 2 N–H and O–H groups in total. The smallest absolute Gasteiger partial charge is 0.208 e. The van der Waals surface area contributed by atoms with Gasteiger partial charge in [-0.25, -0.2) is 17.5 Å². The van der Waals surface area contributed by atoms with E-state index in [4.69, 9.17) is 0 Å². The van der Waals surface area contributed by atoms with Gasteiger partial charge in [0.15, 0.2) is 0 Å². The Kier molecular flexibility index (Phi) is 5.71. The Hall–Kier alpha value is -0.980. The monoisotopic (exact) mass is 274 g/mol. The third-order valence-corrected chi connectivity index (χ3v) is 3.27. The summed E-state index contributed by atoms with van der Waals surface area (Å²) in [5, 5.41) is 3.25. The van der Waals surface area contributed by atoms with Crippen LogP contribution in [0.25, 0.3) is 0 Å². The first-order valence-electron chi connectivity index (χ1n) is 5.82. The van der Waals surface area contributed by atoms with E-state index < -0.39 is 10.0 Å². The van der Waals surface area contributed by atoms with Gasteiger partial charge in [-0.05, 0) is 37.6 Å². The largest absolute Gasteiger partial charge is 0.310 e. The molecule has 102 valence electrons. The van der Waals surface area contributed by atoms with Crippen LogP contribution in [0.2, 0.25) is 0 Å². The zero-order chi connectivity index (χ0) is 13.6. The standard InChI is InChI=1S/C12H19FN2O2S/c1-10(11-4-6-12(13)7-5-11)14-8-3-9-15-18(2,16)17/h4-7,10,14-15H,3,8-9H2,1-2H3. The van der Waals surface area contributed by atoms with E-state index in [1.807, 2.05) is 6.92 Å². The molecule has 4 nitrogen and oxygen atoms in total. The lowest BCUT2D eigenvalue weighted by Gasteiger charge is -2.14. The Morgan fingerprint density at radius 1 is 1.22 bits per heavy atom. The summed E-state index contributed by atoms with van der Waals surface area (Å²) in [7, 11) is -3.10. The molecule has 18 heavy (non-hydrogen) atoms. The lowest BCUT2D eigenvalue weighted by molar-refractivity contribution is 0.547. The molecule has 1 aromatic rings.